The van der Waals surface area contributed by atoms with E-state index >= 15 is 0 Å². The predicted molar refractivity (Wildman–Crippen MR) is 78.5 cm³/mol. The molecule has 1 aromatic rings. The van der Waals surface area contributed by atoms with Crippen LogP contribution < -0.4 is 4.74 Å². The third kappa shape index (κ3) is 4.94. The van der Waals surface area contributed by atoms with Crippen LogP contribution >= 0.6 is 31.9 Å². The van der Waals surface area contributed by atoms with E-state index < -0.39 is 4.92 Å². The van der Waals surface area contributed by atoms with Gasteiger partial charge in [0, 0.05) is 11.4 Å². The van der Waals surface area contributed by atoms with Crippen LogP contribution in [0, 0.1) is 16.0 Å². The van der Waals surface area contributed by atoms with Crippen molar-refractivity contribution in [1.82, 2.24) is 0 Å². The Morgan fingerprint density at radius 2 is 2.17 bits per heavy atom. The fourth-order valence-electron chi connectivity index (χ4n) is 1.42. The maximum Gasteiger partial charge on any atom is 0.273 e. The lowest BCUT2D eigenvalue weighted by molar-refractivity contribution is -0.385. The number of rotatable bonds is 7. The van der Waals surface area contributed by atoms with Crippen LogP contribution in [0.5, 0.6) is 5.75 Å². The number of nitro groups is 1. The number of ether oxygens (including phenoxy) is 1. The summed E-state index contributed by atoms with van der Waals surface area (Å²) in [6.45, 7) is 2.72. The summed E-state index contributed by atoms with van der Waals surface area (Å²) in [5, 5.41) is 11.6. The van der Waals surface area contributed by atoms with Gasteiger partial charge in [0.1, 0.15) is 5.75 Å². The van der Waals surface area contributed by atoms with E-state index in [-0.39, 0.29) is 5.69 Å². The fraction of sp³-hybridized carbons (Fsp3) is 0.500. The van der Waals surface area contributed by atoms with Crippen molar-refractivity contribution in [1.29, 1.82) is 0 Å². The first-order chi connectivity index (χ1) is 8.54. The molecule has 0 spiro atoms. The van der Waals surface area contributed by atoms with E-state index in [1.165, 1.54) is 12.1 Å². The van der Waals surface area contributed by atoms with Crippen molar-refractivity contribution in [2.45, 2.75) is 19.8 Å². The van der Waals surface area contributed by atoms with Gasteiger partial charge in [-0.2, -0.15) is 0 Å². The number of hydrogen-bond acceptors (Lipinski definition) is 3. The summed E-state index contributed by atoms with van der Waals surface area (Å²) >= 11 is 6.72. The van der Waals surface area contributed by atoms with Crippen LogP contribution in [0.2, 0.25) is 0 Å². The molecule has 0 amide bonds. The van der Waals surface area contributed by atoms with Crippen LogP contribution in [0.15, 0.2) is 22.7 Å². The second-order valence-corrected chi connectivity index (χ2v) is 5.74. The minimum atomic E-state index is -0.424. The summed E-state index contributed by atoms with van der Waals surface area (Å²) in [7, 11) is 0. The maximum atomic E-state index is 10.7. The molecule has 1 rings (SSSR count). The topological polar surface area (TPSA) is 52.4 Å². The highest BCUT2D eigenvalue weighted by Crippen LogP contribution is 2.29. The van der Waals surface area contributed by atoms with Crippen molar-refractivity contribution < 1.29 is 9.66 Å². The second kappa shape index (κ2) is 7.74. The zero-order valence-electron chi connectivity index (χ0n) is 10.1. The SMILES string of the molecule is CC(CCBr)CCOc1cc([N+](=O)[O-])ccc1Br. The van der Waals surface area contributed by atoms with E-state index in [9.17, 15) is 10.1 Å². The zero-order chi connectivity index (χ0) is 13.5. The number of benzene rings is 1. The first-order valence-electron chi connectivity index (χ1n) is 5.67. The van der Waals surface area contributed by atoms with Crippen molar-refractivity contribution in [3.05, 3.63) is 32.8 Å². The molecule has 0 aliphatic carbocycles. The molecule has 0 fully saturated rings. The number of alkyl halides is 1. The van der Waals surface area contributed by atoms with Crippen molar-refractivity contribution in [3.63, 3.8) is 0 Å². The van der Waals surface area contributed by atoms with Gasteiger partial charge < -0.3 is 4.74 Å². The summed E-state index contributed by atoms with van der Waals surface area (Å²) < 4.78 is 6.32. The molecule has 0 saturated heterocycles. The van der Waals surface area contributed by atoms with E-state index in [1.54, 1.807) is 6.07 Å². The van der Waals surface area contributed by atoms with Crippen molar-refractivity contribution in [2.75, 3.05) is 11.9 Å². The first kappa shape index (κ1) is 15.4. The average Bonchev–Trinajstić information content (AvgIpc) is 2.31. The molecule has 0 aliphatic heterocycles. The molecule has 100 valence electrons. The number of nitrogens with zero attached hydrogens (tertiary/aromatic N) is 1. The van der Waals surface area contributed by atoms with Gasteiger partial charge in [-0.15, -0.1) is 0 Å². The Morgan fingerprint density at radius 3 is 2.78 bits per heavy atom. The Labute approximate surface area is 123 Å². The summed E-state index contributed by atoms with van der Waals surface area (Å²) in [6.07, 6.45) is 2.03. The molecule has 0 radical (unpaired) electrons. The molecule has 1 aromatic carbocycles. The molecule has 0 saturated carbocycles. The lowest BCUT2D eigenvalue weighted by Crippen LogP contribution is -2.05. The molecule has 0 N–H and O–H groups in total. The molecule has 0 aliphatic rings. The highest BCUT2D eigenvalue weighted by Gasteiger charge is 2.10. The van der Waals surface area contributed by atoms with Crippen LogP contribution in [0.3, 0.4) is 0 Å². The second-order valence-electron chi connectivity index (χ2n) is 4.09. The Morgan fingerprint density at radius 1 is 1.44 bits per heavy atom. The maximum absolute atomic E-state index is 10.7. The molecular formula is C12H15Br2NO3. The summed E-state index contributed by atoms with van der Waals surface area (Å²) in [5.74, 6) is 1.09. The van der Waals surface area contributed by atoms with Crippen molar-refractivity contribution >= 4 is 37.5 Å². The van der Waals surface area contributed by atoms with Crippen LogP contribution in [0.25, 0.3) is 0 Å². The van der Waals surface area contributed by atoms with E-state index in [4.69, 9.17) is 4.74 Å². The number of nitro benzene ring substituents is 1. The molecule has 0 aromatic heterocycles. The van der Waals surface area contributed by atoms with Crippen molar-refractivity contribution in [3.8, 4) is 5.75 Å². The Balaban J connectivity index is 2.56. The highest BCUT2D eigenvalue weighted by molar-refractivity contribution is 9.10. The first-order valence-corrected chi connectivity index (χ1v) is 7.58. The van der Waals surface area contributed by atoms with Gasteiger partial charge in [0.15, 0.2) is 0 Å². The number of non-ortho nitro benzene ring substituents is 1. The van der Waals surface area contributed by atoms with Crippen LogP contribution in [0.1, 0.15) is 19.8 Å². The van der Waals surface area contributed by atoms with Crippen LogP contribution in [-0.2, 0) is 0 Å². The van der Waals surface area contributed by atoms with Gasteiger partial charge in [-0.25, -0.2) is 0 Å². The van der Waals surface area contributed by atoms with Gasteiger partial charge in [-0.3, -0.25) is 10.1 Å². The predicted octanol–water partition coefficient (Wildman–Crippen LogP) is 4.55. The summed E-state index contributed by atoms with van der Waals surface area (Å²) in [4.78, 5) is 10.2. The summed E-state index contributed by atoms with van der Waals surface area (Å²) in [5.41, 5.74) is 0.0432. The minimum absolute atomic E-state index is 0.0432. The van der Waals surface area contributed by atoms with E-state index in [1.807, 2.05) is 0 Å². The van der Waals surface area contributed by atoms with Crippen LogP contribution in [0.4, 0.5) is 5.69 Å². The Kier molecular flexibility index (Phi) is 6.63. The third-order valence-corrected chi connectivity index (χ3v) is 3.71. The molecule has 6 heteroatoms. The monoisotopic (exact) mass is 379 g/mol. The number of hydrogen-bond donors (Lipinski definition) is 0. The van der Waals surface area contributed by atoms with Crippen molar-refractivity contribution in [2.24, 2.45) is 5.92 Å². The van der Waals surface area contributed by atoms with E-state index in [0.717, 1.165) is 22.6 Å². The van der Waals surface area contributed by atoms with Gasteiger partial charge in [0.05, 0.1) is 22.1 Å². The smallest absolute Gasteiger partial charge is 0.273 e. The van der Waals surface area contributed by atoms with Gasteiger partial charge in [-0.1, -0.05) is 22.9 Å². The molecule has 1 atom stereocenters. The van der Waals surface area contributed by atoms with Gasteiger partial charge >= 0.3 is 0 Å². The zero-order valence-corrected chi connectivity index (χ0v) is 13.2. The fourth-order valence-corrected chi connectivity index (χ4v) is 2.56. The molecule has 4 nitrogen and oxygen atoms in total. The van der Waals surface area contributed by atoms with E-state index in [0.29, 0.717) is 18.3 Å². The Hall–Kier alpha value is -0.620. The third-order valence-electron chi connectivity index (χ3n) is 2.60. The standard InChI is InChI=1S/C12H15Br2NO3/c1-9(4-6-13)5-7-18-12-8-10(15(16)17)2-3-11(12)14/h2-3,8-9H,4-7H2,1H3. The average molecular weight is 381 g/mol. The normalized spacial score (nSPS) is 12.2. The van der Waals surface area contributed by atoms with Gasteiger partial charge in [0.25, 0.3) is 5.69 Å². The molecule has 18 heavy (non-hydrogen) atoms. The largest absolute Gasteiger partial charge is 0.492 e. The van der Waals surface area contributed by atoms with Gasteiger partial charge in [0.2, 0.25) is 0 Å². The number of halogens is 2. The molecular weight excluding hydrogens is 366 g/mol. The highest BCUT2D eigenvalue weighted by atomic mass is 79.9. The van der Waals surface area contributed by atoms with E-state index in [2.05, 4.69) is 38.8 Å². The summed E-state index contributed by atoms with van der Waals surface area (Å²) in [6, 6.07) is 4.53. The quantitative estimate of drug-likeness (QED) is 0.396. The lowest BCUT2D eigenvalue weighted by Gasteiger charge is -2.11. The van der Waals surface area contributed by atoms with Crippen LogP contribution in [-0.4, -0.2) is 16.9 Å². The lowest BCUT2D eigenvalue weighted by atomic mass is 10.1. The Bertz CT molecular complexity index is 412. The van der Waals surface area contributed by atoms with Gasteiger partial charge in [-0.05, 0) is 40.8 Å². The molecule has 1 unspecified atom stereocenters. The molecule has 0 heterocycles. The minimum Gasteiger partial charge on any atom is -0.492 e. The molecule has 0 bridgehead atoms.